The van der Waals surface area contributed by atoms with Crippen LogP contribution in [0.2, 0.25) is 0 Å². The van der Waals surface area contributed by atoms with Crippen LogP contribution in [0.5, 0.6) is 0 Å². The van der Waals surface area contributed by atoms with E-state index in [1.165, 1.54) is 31.3 Å². The summed E-state index contributed by atoms with van der Waals surface area (Å²) < 4.78 is 1.92. The number of hydrogen-bond acceptors (Lipinski definition) is 3. The zero-order valence-corrected chi connectivity index (χ0v) is 16.3. The Labute approximate surface area is 161 Å². The van der Waals surface area contributed by atoms with Crippen molar-refractivity contribution in [1.82, 2.24) is 25.0 Å². The lowest BCUT2D eigenvalue weighted by Gasteiger charge is -2.30. The fraction of sp³-hybridized carbons (Fsp3) is 0.409. The van der Waals surface area contributed by atoms with Crippen LogP contribution in [0.25, 0.3) is 28.0 Å². The molecule has 142 valence electrons. The number of fused-ring (bicyclic) bond motifs is 1. The maximum atomic E-state index is 4.65. The van der Waals surface area contributed by atoms with Crippen LogP contribution in [0, 0.1) is 5.92 Å². The smallest absolute Gasteiger partial charge is 0.108 e. The van der Waals surface area contributed by atoms with Gasteiger partial charge in [-0.3, -0.25) is 4.68 Å². The molecule has 1 aliphatic heterocycles. The Bertz CT molecular complexity index is 894. The number of likely N-dealkylation sites (tertiary alicyclic amines) is 1. The molecule has 1 saturated heterocycles. The monoisotopic (exact) mass is 363 g/mol. The highest BCUT2D eigenvalue weighted by Gasteiger charge is 2.16. The Morgan fingerprint density at radius 2 is 2.04 bits per heavy atom. The molecule has 5 nitrogen and oxygen atoms in total. The van der Waals surface area contributed by atoms with Gasteiger partial charge < -0.3 is 15.2 Å². The minimum atomic E-state index is 0.876. The van der Waals surface area contributed by atoms with E-state index in [0.717, 1.165) is 47.3 Å². The highest BCUT2D eigenvalue weighted by Crippen LogP contribution is 2.25. The lowest BCUT2D eigenvalue weighted by atomic mass is 9.99. The first-order valence-electron chi connectivity index (χ1n) is 9.88. The molecule has 0 saturated carbocycles. The molecule has 2 aromatic heterocycles. The Hall–Kier alpha value is -2.53. The summed E-state index contributed by atoms with van der Waals surface area (Å²) in [4.78, 5) is 6.01. The number of nitrogens with zero attached hydrogens (tertiary/aromatic N) is 3. The average molecular weight is 364 g/mol. The molecule has 0 atom stereocenters. The second-order valence-corrected chi connectivity index (χ2v) is 7.74. The third-order valence-corrected chi connectivity index (χ3v) is 5.64. The van der Waals surface area contributed by atoms with Gasteiger partial charge in [0.15, 0.2) is 0 Å². The van der Waals surface area contributed by atoms with Crippen LogP contribution in [-0.4, -0.2) is 45.8 Å². The molecule has 2 N–H and O–H groups in total. The molecule has 0 unspecified atom stereocenters. The van der Waals surface area contributed by atoms with Crippen molar-refractivity contribution in [3.05, 3.63) is 48.7 Å². The first kappa shape index (κ1) is 17.9. The minimum Gasteiger partial charge on any atom is -0.382 e. The van der Waals surface area contributed by atoms with E-state index in [9.17, 15) is 0 Å². The molecule has 1 aromatic carbocycles. The van der Waals surface area contributed by atoms with E-state index in [1.807, 2.05) is 17.8 Å². The number of aromatic amines is 1. The SMILES string of the molecule is C=C(NCCN1CCC(C)CC1)c1cc(-c2cc3ccccc3[nH]2)n(C)n1. The van der Waals surface area contributed by atoms with Crippen LogP contribution >= 0.6 is 0 Å². The molecule has 5 heteroatoms. The number of aromatic nitrogens is 3. The van der Waals surface area contributed by atoms with Gasteiger partial charge in [-0.25, -0.2) is 0 Å². The van der Waals surface area contributed by atoms with Crippen LogP contribution in [0.1, 0.15) is 25.5 Å². The molecule has 27 heavy (non-hydrogen) atoms. The van der Waals surface area contributed by atoms with Crippen LogP contribution in [0.3, 0.4) is 0 Å². The summed E-state index contributed by atoms with van der Waals surface area (Å²) in [7, 11) is 1.98. The standard InChI is InChI=1S/C22H29N5/c1-16-8-11-27(12-9-16)13-10-23-17(2)20-15-22(26(3)25-20)21-14-18-6-4-5-7-19(18)24-21/h4-7,14-16,23-24H,2,8-13H2,1,3H3. The number of piperidine rings is 1. The molecule has 0 spiro atoms. The molecule has 1 fully saturated rings. The summed E-state index contributed by atoms with van der Waals surface area (Å²) in [6.07, 6.45) is 2.63. The number of rotatable bonds is 6. The van der Waals surface area contributed by atoms with E-state index in [-0.39, 0.29) is 0 Å². The maximum absolute atomic E-state index is 4.65. The number of benzene rings is 1. The number of hydrogen-bond donors (Lipinski definition) is 2. The van der Waals surface area contributed by atoms with Gasteiger partial charge in [-0.2, -0.15) is 5.10 Å². The molecule has 3 heterocycles. The van der Waals surface area contributed by atoms with Crippen molar-refractivity contribution in [2.24, 2.45) is 13.0 Å². The fourth-order valence-corrected chi connectivity index (χ4v) is 3.82. The van der Waals surface area contributed by atoms with Gasteiger partial charge >= 0.3 is 0 Å². The Morgan fingerprint density at radius 1 is 1.26 bits per heavy atom. The van der Waals surface area contributed by atoms with Crippen molar-refractivity contribution in [2.75, 3.05) is 26.2 Å². The number of H-pyrrole nitrogens is 1. The van der Waals surface area contributed by atoms with E-state index in [2.05, 4.69) is 64.1 Å². The average Bonchev–Trinajstić information content (AvgIpc) is 3.26. The van der Waals surface area contributed by atoms with Crippen molar-refractivity contribution < 1.29 is 0 Å². The van der Waals surface area contributed by atoms with Crippen LogP contribution in [-0.2, 0) is 7.05 Å². The zero-order valence-electron chi connectivity index (χ0n) is 16.3. The van der Waals surface area contributed by atoms with Gasteiger partial charge in [-0.1, -0.05) is 31.7 Å². The largest absolute Gasteiger partial charge is 0.382 e. The van der Waals surface area contributed by atoms with E-state index in [1.54, 1.807) is 0 Å². The molecule has 1 aliphatic rings. The number of nitrogens with one attached hydrogen (secondary N) is 2. The van der Waals surface area contributed by atoms with Crippen molar-refractivity contribution in [3.8, 4) is 11.4 Å². The number of para-hydroxylation sites is 1. The zero-order chi connectivity index (χ0) is 18.8. The summed E-state index contributed by atoms with van der Waals surface area (Å²) in [5.74, 6) is 0.876. The third-order valence-electron chi connectivity index (χ3n) is 5.64. The molecule has 0 aliphatic carbocycles. The molecular formula is C22H29N5. The van der Waals surface area contributed by atoms with Crippen LogP contribution in [0.15, 0.2) is 43.0 Å². The number of aryl methyl sites for hydroxylation is 1. The summed E-state index contributed by atoms with van der Waals surface area (Å²) in [5, 5.41) is 9.32. The Balaban J connectivity index is 1.39. The highest BCUT2D eigenvalue weighted by molar-refractivity contribution is 5.85. The topological polar surface area (TPSA) is 48.9 Å². The first-order chi connectivity index (χ1) is 13.1. The molecule has 0 radical (unpaired) electrons. The lowest BCUT2D eigenvalue weighted by molar-refractivity contribution is 0.195. The van der Waals surface area contributed by atoms with Crippen molar-refractivity contribution in [2.45, 2.75) is 19.8 Å². The summed E-state index contributed by atoms with van der Waals surface area (Å²) in [5.41, 5.74) is 5.07. The predicted octanol–water partition coefficient (Wildman–Crippen LogP) is 3.86. The van der Waals surface area contributed by atoms with E-state index < -0.39 is 0 Å². The molecule has 0 bridgehead atoms. The summed E-state index contributed by atoms with van der Waals surface area (Å²) in [6, 6.07) is 12.6. The van der Waals surface area contributed by atoms with Gasteiger partial charge in [-0.15, -0.1) is 0 Å². The Morgan fingerprint density at radius 3 is 2.81 bits per heavy atom. The third kappa shape index (κ3) is 3.93. The van der Waals surface area contributed by atoms with Crippen molar-refractivity contribution in [1.29, 1.82) is 0 Å². The summed E-state index contributed by atoms with van der Waals surface area (Å²) >= 11 is 0. The van der Waals surface area contributed by atoms with Gasteiger partial charge in [0, 0.05) is 31.0 Å². The molecular weight excluding hydrogens is 334 g/mol. The van der Waals surface area contributed by atoms with Crippen LogP contribution in [0.4, 0.5) is 0 Å². The van der Waals surface area contributed by atoms with Crippen molar-refractivity contribution in [3.63, 3.8) is 0 Å². The summed E-state index contributed by atoms with van der Waals surface area (Å²) in [6.45, 7) is 10.9. The van der Waals surface area contributed by atoms with Crippen LogP contribution < -0.4 is 5.32 Å². The van der Waals surface area contributed by atoms with Gasteiger partial charge in [-0.05, 0) is 50.0 Å². The normalized spacial score (nSPS) is 16.1. The molecule has 0 amide bonds. The second-order valence-electron chi connectivity index (χ2n) is 7.74. The van der Waals surface area contributed by atoms with E-state index in [4.69, 9.17) is 0 Å². The fourth-order valence-electron chi connectivity index (χ4n) is 3.82. The first-order valence-corrected chi connectivity index (χ1v) is 9.88. The van der Waals surface area contributed by atoms with Gasteiger partial charge in [0.05, 0.1) is 17.1 Å². The highest BCUT2D eigenvalue weighted by atomic mass is 15.3. The van der Waals surface area contributed by atoms with Gasteiger partial charge in [0.1, 0.15) is 5.69 Å². The maximum Gasteiger partial charge on any atom is 0.108 e. The predicted molar refractivity (Wildman–Crippen MR) is 112 cm³/mol. The molecule has 4 rings (SSSR count). The van der Waals surface area contributed by atoms with E-state index in [0.29, 0.717) is 0 Å². The second kappa shape index (κ2) is 7.61. The quantitative estimate of drug-likeness (QED) is 0.699. The van der Waals surface area contributed by atoms with Gasteiger partial charge in [0.25, 0.3) is 0 Å². The Kier molecular flexibility index (Phi) is 5.03. The lowest BCUT2D eigenvalue weighted by Crippen LogP contribution is -2.37. The minimum absolute atomic E-state index is 0.876. The van der Waals surface area contributed by atoms with Gasteiger partial charge in [0.2, 0.25) is 0 Å². The van der Waals surface area contributed by atoms with Crippen molar-refractivity contribution >= 4 is 16.6 Å². The van der Waals surface area contributed by atoms with E-state index >= 15 is 0 Å². The molecule has 3 aromatic rings.